The molecule has 1 nitrogen and oxygen atoms in total. The number of hydrogen-bond donors (Lipinski definition) is 0. The Morgan fingerprint density at radius 1 is 1.27 bits per heavy atom. The average Bonchev–Trinajstić information content (AvgIpc) is 2.73. The van der Waals surface area contributed by atoms with Gasteiger partial charge in [-0.25, -0.2) is 0 Å². The number of fused-ring (bicyclic) bond motifs is 1. The highest BCUT2D eigenvalue weighted by atomic mass is 32.1. The Labute approximate surface area is 92.4 Å². The van der Waals surface area contributed by atoms with E-state index in [0.29, 0.717) is 10.4 Å². The van der Waals surface area contributed by atoms with Crippen LogP contribution >= 0.6 is 11.3 Å². The van der Waals surface area contributed by atoms with Gasteiger partial charge in [0.15, 0.2) is 6.29 Å². The Hall–Kier alpha value is -1.85. The van der Waals surface area contributed by atoms with Crippen LogP contribution in [-0.2, 0) is 0 Å². The van der Waals surface area contributed by atoms with Crippen LogP contribution in [0.1, 0.15) is 15.2 Å². The molecule has 1 aromatic heterocycles. The van der Waals surface area contributed by atoms with E-state index in [9.17, 15) is 4.79 Å². The fourth-order valence-corrected chi connectivity index (χ4v) is 1.87. The maximum Gasteiger partial charge on any atom is 0.161 e. The fraction of sp³-hybridized carbons (Fsp3) is 0. The van der Waals surface area contributed by atoms with E-state index in [-0.39, 0.29) is 0 Å². The summed E-state index contributed by atoms with van der Waals surface area (Å²) in [5.41, 5.74) is 3.54. The maximum absolute atomic E-state index is 10.2. The summed E-state index contributed by atoms with van der Waals surface area (Å²) < 4.78 is 0. The summed E-state index contributed by atoms with van der Waals surface area (Å²) in [6.45, 7) is 0. The molecular weight excluding hydrogens is 204 g/mol. The van der Waals surface area contributed by atoms with Crippen LogP contribution in [0.2, 0.25) is 0 Å². The van der Waals surface area contributed by atoms with Gasteiger partial charge in [0.1, 0.15) is 0 Å². The van der Waals surface area contributed by atoms with E-state index in [2.05, 4.69) is 30.2 Å². The van der Waals surface area contributed by atoms with Gasteiger partial charge in [0.25, 0.3) is 0 Å². The van der Waals surface area contributed by atoms with Crippen molar-refractivity contribution < 1.29 is 4.79 Å². The molecule has 1 heterocycles. The molecule has 3 rings (SSSR count). The van der Waals surface area contributed by atoms with E-state index in [4.69, 9.17) is 6.42 Å². The second-order valence-electron chi connectivity index (χ2n) is 3.04. The van der Waals surface area contributed by atoms with E-state index in [1.54, 1.807) is 11.4 Å². The first-order valence-electron chi connectivity index (χ1n) is 4.45. The van der Waals surface area contributed by atoms with Crippen molar-refractivity contribution in [3.8, 4) is 23.5 Å². The van der Waals surface area contributed by atoms with Crippen LogP contribution in [-0.4, -0.2) is 6.29 Å². The number of rotatable bonds is 1. The molecule has 0 saturated heterocycles. The van der Waals surface area contributed by atoms with Crippen molar-refractivity contribution >= 4 is 17.6 Å². The largest absolute Gasteiger partial charge is 0.297 e. The third-order valence-corrected chi connectivity index (χ3v) is 2.91. The number of thiophene rings is 1. The van der Waals surface area contributed by atoms with Crippen LogP contribution in [0.3, 0.4) is 0 Å². The number of terminal acetylenes is 1. The number of hydrogen-bond acceptors (Lipinski definition) is 2. The molecule has 0 atom stereocenters. The standard InChI is InChI=1S/C7H4OS.C6H4/c1-2-6-3-4-9-7(6)5-8;1-2-5-4-6(5)3-1/h1,3-5H;1-4H. The first-order chi connectivity index (χ1) is 7.35. The first-order valence-corrected chi connectivity index (χ1v) is 5.33. The van der Waals surface area contributed by atoms with Crippen molar-refractivity contribution in [2.75, 3.05) is 0 Å². The third-order valence-electron chi connectivity index (χ3n) is 2.07. The number of benzene rings is 1. The predicted molar refractivity (Wildman–Crippen MR) is 63.1 cm³/mol. The van der Waals surface area contributed by atoms with Crippen LogP contribution in [0, 0.1) is 12.3 Å². The van der Waals surface area contributed by atoms with Gasteiger partial charge < -0.3 is 0 Å². The summed E-state index contributed by atoms with van der Waals surface area (Å²) in [4.78, 5) is 10.8. The van der Waals surface area contributed by atoms with Gasteiger partial charge in [-0.05, 0) is 28.6 Å². The summed E-state index contributed by atoms with van der Waals surface area (Å²) in [6.07, 6.45) is 5.85. The molecule has 0 saturated carbocycles. The lowest BCUT2D eigenvalue weighted by molar-refractivity contribution is 0.112. The summed E-state index contributed by atoms with van der Waals surface area (Å²) in [6, 6.07) is 10.2. The number of aldehydes is 1. The van der Waals surface area contributed by atoms with Gasteiger partial charge >= 0.3 is 0 Å². The molecule has 0 spiro atoms. The second-order valence-corrected chi connectivity index (χ2v) is 3.99. The van der Waals surface area contributed by atoms with Crippen LogP contribution in [0.5, 0.6) is 0 Å². The fourth-order valence-electron chi connectivity index (χ4n) is 1.21. The minimum absolute atomic E-state index is 0.637. The Balaban J connectivity index is 0.000000121. The Morgan fingerprint density at radius 2 is 2.00 bits per heavy atom. The SMILES string of the molecule is C#Cc1ccsc1C=O.c1cc2cc-2c1. The molecule has 0 radical (unpaired) electrons. The van der Waals surface area contributed by atoms with Crippen molar-refractivity contribution in [3.05, 3.63) is 46.2 Å². The van der Waals surface area contributed by atoms with Crippen molar-refractivity contribution in [2.45, 2.75) is 0 Å². The second kappa shape index (κ2) is 4.12. The highest BCUT2D eigenvalue weighted by Crippen LogP contribution is 2.32. The zero-order valence-corrected chi connectivity index (χ0v) is 8.75. The summed E-state index contributed by atoms with van der Waals surface area (Å²) in [5.74, 6) is 2.41. The molecule has 0 amide bonds. The van der Waals surface area contributed by atoms with E-state index in [0.717, 1.165) is 6.29 Å². The van der Waals surface area contributed by atoms with Gasteiger partial charge in [0, 0.05) is 5.56 Å². The first kappa shape index (κ1) is 9.70. The monoisotopic (exact) mass is 212 g/mol. The number of carbonyl (C=O) groups excluding carboxylic acids is 1. The summed E-state index contributed by atoms with van der Waals surface area (Å²) in [7, 11) is 0. The lowest BCUT2D eigenvalue weighted by Crippen LogP contribution is -1.74. The molecule has 72 valence electrons. The molecule has 0 aromatic carbocycles. The van der Waals surface area contributed by atoms with Crippen LogP contribution in [0.4, 0.5) is 0 Å². The maximum atomic E-state index is 10.2. The average molecular weight is 212 g/mol. The lowest BCUT2D eigenvalue weighted by atomic mass is 10.3. The van der Waals surface area contributed by atoms with Crippen LogP contribution in [0.15, 0.2) is 35.7 Å². The van der Waals surface area contributed by atoms with E-state index >= 15 is 0 Å². The summed E-state index contributed by atoms with van der Waals surface area (Å²) in [5, 5.41) is 1.80. The van der Waals surface area contributed by atoms with Crippen molar-refractivity contribution in [1.82, 2.24) is 0 Å². The van der Waals surface area contributed by atoms with Gasteiger partial charge in [-0.15, -0.1) is 17.8 Å². The molecule has 0 aliphatic heterocycles. The lowest BCUT2D eigenvalue weighted by Gasteiger charge is -1.78. The van der Waals surface area contributed by atoms with Gasteiger partial charge in [-0.1, -0.05) is 24.1 Å². The van der Waals surface area contributed by atoms with Crippen molar-refractivity contribution in [2.24, 2.45) is 0 Å². The molecule has 15 heavy (non-hydrogen) atoms. The zero-order chi connectivity index (χ0) is 10.7. The molecule has 0 unspecified atom stereocenters. The normalized spacial score (nSPS) is 9.53. The highest BCUT2D eigenvalue weighted by molar-refractivity contribution is 7.11. The molecule has 0 fully saturated rings. The van der Waals surface area contributed by atoms with Gasteiger partial charge in [0.2, 0.25) is 0 Å². The molecule has 2 heteroatoms. The summed E-state index contributed by atoms with van der Waals surface area (Å²) >= 11 is 1.36. The molecule has 1 aromatic rings. The predicted octanol–water partition coefficient (Wildman–Crippen LogP) is 3.21. The van der Waals surface area contributed by atoms with Crippen molar-refractivity contribution in [3.63, 3.8) is 0 Å². The topological polar surface area (TPSA) is 17.1 Å². The van der Waals surface area contributed by atoms with E-state index < -0.39 is 0 Å². The van der Waals surface area contributed by atoms with Gasteiger partial charge in [0.05, 0.1) is 4.88 Å². The minimum Gasteiger partial charge on any atom is -0.297 e. The minimum atomic E-state index is 0.637. The Morgan fingerprint density at radius 3 is 2.33 bits per heavy atom. The van der Waals surface area contributed by atoms with Crippen molar-refractivity contribution in [1.29, 1.82) is 0 Å². The van der Waals surface area contributed by atoms with E-state index in [1.807, 2.05) is 0 Å². The molecule has 2 aliphatic carbocycles. The molecule has 0 N–H and O–H groups in total. The highest BCUT2D eigenvalue weighted by Gasteiger charge is 2.06. The smallest absolute Gasteiger partial charge is 0.161 e. The van der Waals surface area contributed by atoms with Gasteiger partial charge in [-0.2, -0.15) is 0 Å². The quantitative estimate of drug-likeness (QED) is 0.447. The molecule has 2 aliphatic rings. The zero-order valence-electron chi connectivity index (χ0n) is 7.94. The van der Waals surface area contributed by atoms with E-state index in [1.165, 1.54) is 22.5 Å². The Kier molecular flexibility index (Phi) is 2.66. The third kappa shape index (κ3) is 2.15. The van der Waals surface area contributed by atoms with Crippen LogP contribution in [0.25, 0.3) is 11.1 Å². The molecular formula is C13H8OS. The van der Waals surface area contributed by atoms with Crippen LogP contribution < -0.4 is 0 Å². The Bertz CT molecular complexity index is 514. The number of carbonyl (C=O) groups is 1. The molecule has 0 bridgehead atoms. The van der Waals surface area contributed by atoms with Gasteiger partial charge in [-0.3, -0.25) is 4.79 Å².